The Kier molecular flexibility index (Phi) is 5.01. The summed E-state index contributed by atoms with van der Waals surface area (Å²) in [6.07, 6.45) is 8.33. The van der Waals surface area contributed by atoms with Crippen LogP contribution in [0.25, 0.3) is 0 Å². The Labute approximate surface area is 194 Å². The topological polar surface area (TPSA) is 58.9 Å². The van der Waals surface area contributed by atoms with Crippen molar-refractivity contribution in [2.75, 3.05) is 6.61 Å². The molecule has 0 amide bonds. The third kappa shape index (κ3) is 2.76. The van der Waals surface area contributed by atoms with Crippen molar-refractivity contribution in [3.8, 4) is 0 Å². The predicted octanol–water partition coefficient (Wildman–Crippen LogP) is 5.01. The predicted molar refractivity (Wildman–Crippen MR) is 124 cm³/mol. The van der Waals surface area contributed by atoms with Crippen molar-refractivity contribution in [1.29, 1.82) is 0 Å². The lowest BCUT2D eigenvalue weighted by molar-refractivity contribution is -0.275. The molecule has 0 aromatic heterocycles. The molecule has 1 spiro atoms. The van der Waals surface area contributed by atoms with Crippen LogP contribution in [0.5, 0.6) is 0 Å². The van der Waals surface area contributed by atoms with Gasteiger partial charge in [-0.15, -0.1) is 0 Å². The van der Waals surface area contributed by atoms with Gasteiger partial charge in [0.25, 0.3) is 0 Å². The van der Waals surface area contributed by atoms with Crippen molar-refractivity contribution in [3.63, 3.8) is 0 Å². The van der Waals surface area contributed by atoms with Gasteiger partial charge < -0.3 is 19.7 Å². The maximum Gasteiger partial charge on any atom is 0.171 e. The number of hydrogen-bond acceptors (Lipinski definition) is 4. The molecule has 14 atom stereocenters. The van der Waals surface area contributed by atoms with Crippen LogP contribution >= 0.6 is 0 Å². The molecular formula is C28H46O4. The van der Waals surface area contributed by atoms with Crippen LogP contribution in [0.15, 0.2) is 0 Å². The van der Waals surface area contributed by atoms with Crippen LogP contribution in [0.1, 0.15) is 86.0 Å². The van der Waals surface area contributed by atoms with Gasteiger partial charge in [-0.3, -0.25) is 0 Å². The number of aliphatic hydroxyl groups is 2. The molecule has 2 saturated heterocycles. The monoisotopic (exact) mass is 446 g/mol. The second kappa shape index (κ2) is 7.18. The van der Waals surface area contributed by atoms with Crippen molar-refractivity contribution in [3.05, 3.63) is 0 Å². The Bertz CT molecular complexity index is 746. The lowest BCUT2D eigenvalue weighted by Gasteiger charge is -2.64. The first-order valence-electron chi connectivity index (χ1n) is 13.8. The molecule has 182 valence electrons. The molecular weight excluding hydrogens is 400 g/mol. The van der Waals surface area contributed by atoms with Crippen LogP contribution < -0.4 is 0 Å². The lowest BCUT2D eigenvalue weighted by atomic mass is 9.42. The minimum atomic E-state index is -0.581. The lowest BCUT2D eigenvalue weighted by Crippen LogP contribution is -2.64. The van der Waals surface area contributed by atoms with E-state index < -0.39 is 12.2 Å². The highest BCUT2D eigenvalue weighted by Gasteiger charge is 2.71. The number of hydrogen-bond donors (Lipinski definition) is 2. The summed E-state index contributed by atoms with van der Waals surface area (Å²) in [7, 11) is 0. The van der Waals surface area contributed by atoms with E-state index in [2.05, 4.69) is 34.6 Å². The van der Waals surface area contributed by atoms with Gasteiger partial charge in [-0.05, 0) is 90.8 Å². The molecule has 1 unspecified atom stereocenters. The van der Waals surface area contributed by atoms with E-state index in [1.165, 1.54) is 32.1 Å². The molecule has 4 aliphatic carbocycles. The Morgan fingerprint density at radius 3 is 2.19 bits per heavy atom. The van der Waals surface area contributed by atoms with E-state index in [-0.39, 0.29) is 34.6 Å². The molecule has 4 saturated carbocycles. The molecule has 0 aromatic carbocycles. The summed E-state index contributed by atoms with van der Waals surface area (Å²) in [6, 6.07) is 0. The fraction of sp³-hybridized carbons (Fsp3) is 1.00. The average Bonchev–Trinajstić information content (AvgIpc) is 3.20. The fourth-order valence-electron chi connectivity index (χ4n) is 10.5. The summed E-state index contributed by atoms with van der Waals surface area (Å²) in [5, 5.41) is 22.9. The van der Waals surface area contributed by atoms with Crippen molar-refractivity contribution >= 4 is 0 Å². The van der Waals surface area contributed by atoms with Crippen LogP contribution in [0.2, 0.25) is 0 Å². The average molecular weight is 447 g/mol. The van der Waals surface area contributed by atoms with Gasteiger partial charge in [0, 0.05) is 12.3 Å². The second-order valence-electron chi connectivity index (χ2n) is 13.8. The molecule has 2 heterocycles. The molecule has 32 heavy (non-hydrogen) atoms. The first kappa shape index (κ1) is 22.3. The van der Waals surface area contributed by atoms with E-state index in [1.54, 1.807) is 0 Å². The Balaban J connectivity index is 1.31. The minimum absolute atomic E-state index is 0.172. The Morgan fingerprint density at radius 2 is 1.47 bits per heavy atom. The van der Waals surface area contributed by atoms with Crippen molar-refractivity contribution in [1.82, 2.24) is 0 Å². The van der Waals surface area contributed by atoms with Gasteiger partial charge in [-0.25, -0.2) is 0 Å². The zero-order valence-electron chi connectivity index (χ0n) is 20.9. The van der Waals surface area contributed by atoms with Gasteiger partial charge in [0.1, 0.15) is 0 Å². The molecule has 0 aromatic rings. The molecule has 0 radical (unpaired) electrons. The van der Waals surface area contributed by atoms with E-state index in [0.29, 0.717) is 35.5 Å². The molecule has 4 heteroatoms. The van der Waals surface area contributed by atoms with Gasteiger partial charge >= 0.3 is 0 Å². The highest BCUT2D eigenvalue weighted by atomic mass is 16.7. The summed E-state index contributed by atoms with van der Waals surface area (Å²) in [5.41, 5.74) is 0.345. The van der Waals surface area contributed by atoms with Crippen molar-refractivity contribution < 1.29 is 19.7 Å². The van der Waals surface area contributed by atoms with Crippen LogP contribution in [0.4, 0.5) is 0 Å². The molecule has 4 nitrogen and oxygen atoms in total. The SMILES string of the molecule is CC1CC[C@@]2(OC1)O[C@H]1C[C@H]3[C@@H]4[C@@H](O)[C@H](O)[C@H]5C[C@@H](C)CC[C@]5(C)[C@H]4CC[C@]3(C)[C@H]1[C@@H]2C. The first-order chi connectivity index (χ1) is 15.1. The second-order valence-corrected chi connectivity index (χ2v) is 13.8. The van der Waals surface area contributed by atoms with Gasteiger partial charge in [-0.2, -0.15) is 0 Å². The highest BCUT2D eigenvalue weighted by Crippen LogP contribution is 2.71. The molecule has 2 aliphatic heterocycles. The molecule has 2 N–H and O–H groups in total. The van der Waals surface area contributed by atoms with Gasteiger partial charge in [0.2, 0.25) is 0 Å². The van der Waals surface area contributed by atoms with Crippen LogP contribution in [-0.4, -0.2) is 40.9 Å². The molecule has 6 rings (SSSR count). The van der Waals surface area contributed by atoms with E-state index >= 15 is 0 Å². The number of aliphatic hydroxyl groups excluding tert-OH is 2. The molecule has 6 aliphatic rings. The van der Waals surface area contributed by atoms with Gasteiger partial charge in [0.15, 0.2) is 5.79 Å². The molecule has 0 bridgehead atoms. The van der Waals surface area contributed by atoms with Crippen LogP contribution in [0, 0.1) is 58.2 Å². The van der Waals surface area contributed by atoms with E-state index in [4.69, 9.17) is 9.47 Å². The fourth-order valence-corrected chi connectivity index (χ4v) is 10.5. The first-order valence-corrected chi connectivity index (χ1v) is 13.8. The highest BCUT2D eigenvalue weighted by molar-refractivity contribution is 5.17. The minimum Gasteiger partial charge on any atom is -0.390 e. The van der Waals surface area contributed by atoms with Crippen molar-refractivity contribution in [2.45, 2.75) is 110 Å². The molecule has 6 fully saturated rings. The zero-order chi connectivity index (χ0) is 22.6. The van der Waals surface area contributed by atoms with E-state index in [9.17, 15) is 10.2 Å². The van der Waals surface area contributed by atoms with Gasteiger partial charge in [0.05, 0.1) is 24.9 Å². The van der Waals surface area contributed by atoms with E-state index in [0.717, 1.165) is 25.9 Å². The summed E-state index contributed by atoms with van der Waals surface area (Å²) in [4.78, 5) is 0. The van der Waals surface area contributed by atoms with Crippen LogP contribution in [-0.2, 0) is 9.47 Å². The summed E-state index contributed by atoms with van der Waals surface area (Å²) in [5.74, 6) is 3.25. The summed E-state index contributed by atoms with van der Waals surface area (Å²) < 4.78 is 13.3. The number of ether oxygens (including phenoxy) is 2. The smallest absolute Gasteiger partial charge is 0.171 e. The van der Waals surface area contributed by atoms with Gasteiger partial charge in [-0.1, -0.05) is 41.0 Å². The Morgan fingerprint density at radius 1 is 0.750 bits per heavy atom. The maximum absolute atomic E-state index is 11.6. The number of fused-ring (bicyclic) bond motifs is 7. The standard InChI is InChI=1S/C28H46O4/c1-15-6-9-26(4)18-8-10-27(5)19(22(18)25(30)24(29)20(26)12-15)13-21-23(27)17(3)28(32-21)11-7-16(2)14-31-28/h15-25,29-30H,6-14H2,1-5H3/t15-,16?,17-,18-,19-,20+,21-,22+,23-,24+,25+,26+,27-,28+/m0/s1. The Hall–Kier alpha value is -0.160. The van der Waals surface area contributed by atoms with E-state index in [1.807, 2.05) is 0 Å². The zero-order valence-corrected chi connectivity index (χ0v) is 20.9. The largest absolute Gasteiger partial charge is 0.390 e. The normalized spacial score (nSPS) is 64.0. The third-order valence-corrected chi connectivity index (χ3v) is 12.3. The maximum atomic E-state index is 11.6. The number of rotatable bonds is 0. The summed E-state index contributed by atoms with van der Waals surface area (Å²) >= 11 is 0. The third-order valence-electron chi connectivity index (χ3n) is 12.3. The van der Waals surface area contributed by atoms with Crippen LogP contribution in [0.3, 0.4) is 0 Å². The van der Waals surface area contributed by atoms with Crippen molar-refractivity contribution in [2.24, 2.45) is 58.2 Å². The quantitative estimate of drug-likeness (QED) is 0.549. The summed E-state index contributed by atoms with van der Waals surface area (Å²) in [6.45, 7) is 12.8.